The van der Waals surface area contributed by atoms with Crippen LogP contribution in [0.5, 0.6) is 0 Å². The zero-order valence-electron chi connectivity index (χ0n) is 13.4. The van der Waals surface area contributed by atoms with Gasteiger partial charge < -0.3 is 5.11 Å². The number of carboxylic acid groups (broad SMARTS) is 1. The molecule has 1 fully saturated rings. The van der Waals surface area contributed by atoms with Gasteiger partial charge in [-0.25, -0.2) is 0 Å². The highest BCUT2D eigenvalue weighted by Gasteiger charge is 2.21. The number of aliphatic carboxylic acids is 1. The van der Waals surface area contributed by atoms with E-state index >= 15 is 0 Å². The standard InChI is InChI=1S/C16H23N3O4/c1-17(12-16(20)21)14-3-2-9-18(10-8-14)11-13-4-6-15(7-5-13)19(22)23/h4-7,14H,2-3,8-12H2,1H3,(H,20,21). The molecule has 1 heterocycles. The van der Waals surface area contributed by atoms with E-state index in [2.05, 4.69) is 4.90 Å². The normalized spacial score (nSPS) is 19.5. The van der Waals surface area contributed by atoms with Crippen LogP contribution in [0.3, 0.4) is 0 Å². The van der Waals surface area contributed by atoms with Crippen LogP contribution in [0, 0.1) is 10.1 Å². The zero-order valence-corrected chi connectivity index (χ0v) is 13.4. The molecule has 1 aliphatic heterocycles. The number of likely N-dealkylation sites (N-methyl/N-ethyl adjacent to an activating group) is 1. The highest BCUT2D eigenvalue weighted by atomic mass is 16.6. The Bertz CT molecular complexity index is 547. The zero-order chi connectivity index (χ0) is 16.8. The van der Waals surface area contributed by atoms with Crippen molar-refractivity contribution in [1.29, 1.82) is 0 Å². The van der Waals surface area contributed by atoms with E-state index in [1.165, 1.54) is 12.1 Å². The van der Waals surface area contributed by atoms with E-state index in [1.54, 1.807) is 12.1 Å². The molecule has 7 nitrogen and oxygen atoms in total. The number of benzene rings is 1. The molecule has 0 aromatic heterocycles. The van der Waals surface area contributed by atoms with Crippen molar-refractivity contribution >= 4 is 11.7 Å². The third-order valence-corrected chi connectivity index (χ3v) is 4.35. The van der Waals surface area contributed by atoms with E-state index in [-0.39, 0.29) is 12.2 Å². The fourth-order valence-corrected chi connectivity index (χ4v) is 3.06. The second kappa shape index (κ2) is 8.03. The molecule has 2 rings (SSSR count). The lowest BCUT2D eigenvalue weighted by molar-refractivity contribution is -0.384. The number of nitro benzene ring substituents is 1. The number of nitrogens with zero attached hydrogens (tertiary/aromatic N) is 3. The summed E-state index contributed by atoms with van der Waals surface area (Å²) in [6, 6.07) is 6.98. The van der Waals surface area contributed by atoms with Gasteiger partial charge in [0.05, 0.1) is 11.5 Å². The van der Waals surface area contributed by atoms with E-state index in [0.717, 1.165) is 44.5 Å². The Morgan fingerprint density at radius 3 is 2.65 bits per heavy atom. The van der Waals surface area contributed by atoms with Gasteiger partial charge in [0.2, 0.25) is 0 Å². The molecule has 1 unspecified atom stereocenters. The molecule has 1 aromatic carbocycles. The first-order chi connectivity index (χ1) is 11.0. The smallest absolute Gasteiger partial charge is 0.317 e. The van der Waals surface area contributed by atoms with Crippen molar-refractivity contribution in [1.82, 2.24) is 9.80 Å². The monoisotopic (exact) mass is 321 g/mol. The van der Waals surface area contributed by atoms with Crippen molar-refractivity contribution in [3.8, 4) is 0 Å². The molecule has 23 heavy (non-hydrogen) atoms. The van der Waals surface area contributed by atoms with Crippen molar-refractivity contribution in [2.24, 2.45) is 0 Å². The maximum Gasteiger partial charge on any atom is 0.317 e. The molecule has 1 saturated heterocycles. The Kier molecular flexibility index (Phi) is 6.06. The number of likely N-dealkylation sites (tertiary alicyclic amines) is 1. The van der Waals surface area contributed by atoms with E-state index in [9.17, 15) is 14.9 Å². The highest BCUT2D eigenvalue weighted by Crippen LogP contribution is 2.19. The second-order valence-corrected chi connectivity index (χ2v) is 6.09. The fraction of sp³-hybridized carbons (Fsp3) is 0.562. The summed E-state index contributed by atoms with van der Waals surface area (Å²) in [5.74, 6) is -0.792. The average molecular weight is 321 g/mol. The molecule has 1 aliphatic rings. The van der Waals surface area contributed by atoms with Gasteiger partial charge in [-0.3, -0.25) is 24.7 Å². The van der Waals surface area contributed by atoms with Gasteiger partial charge in [-0.2, -0.15) is 0 Å². The molecular formula is C16H23N3O4. The van der Waals surface area contributed by atoms with Gasteiger partial charge in [0.1, 0.15) is 0 Å². The van der Waals surface area contributed by atoms with Gasteiger partial charge in [-0.15, -0.1) is 0 Å². The molecule has 7 heteroatoms. The van der Waals surface area contributed by atoms with Gasteiger partial charge in [0.25, 0.3) is 5.69 Å². The number of rotatable bonds is 6. The number of carboxylic acids is 1. The van der Waals surface area contributed by atoms with Gasteiger partial charge in [0, 0.05) is 24.7 Å². The maximum absolute atomic E-state index is 10.8. The van der Waals surface area contributed by atoms with Crippen molar-refractivity contribution in [2.45, 2.75) is 31.8 Å². The summed E-state index contributed by atoms with van der Waals surface area (Å²) in [4.78, 5) is 25.3. The minimum absolute atomic E-state index is 0.0764. The topological polar surface area (TPSA) is 86.9 Å². The predicted molar refractivity (Wildman–Crippen MR) is 86.3 cm³/mol. The lowest BCUT2D eigenvalue weighted by Crippen LogP contribution is -2.36. The van der Waals surface area contributed by atoms with Crippen LogP contribution in [0.1, 0.15) is 24.8 Å². The van der Waals surface area contributed by atoms with Crippen LogP contribution >= 0.6 is 0 Å². The van der Waals surface area contributed by atoms with Crippen LogP contribution in [-0.4, -0.2) is 58.5 Å². The molecule has 0 spiro atoms. The third-order valence-electron chi connectivity index (χ3n) is 4.35. The van der Waals surface area contributed by atoms with E-state index in [0.29, 0.717) is 6.04 Å². The Morgan fingerprint density at radius 2 is 2.04 bits per heavy atom. The first-order valence-electron chi connectivity index (χ1n) is 7.83. The summed E-state index contributed by atoms with van der Waals surface area (Å²) < 4.78 is 0. The molecule has 0 amide bonds. The number of hydrogen-bond acceptors (Lipinski definition) is 5. The average Bonchev–Trinajstić information content (AvgIpc) is 2.73. The van der Waals surface area contributed by atoms with Crippen molar-refractivity contribution in [3.63, 3.8) is 0 Å². The first-order valence-corrected chi connectivity index (χ1v) is 7.83. The Hall–Kier alpha value is -1.99. The van der Waals surface area contributed by atoms with Gasteiger partial charge >= 0.3 is 5.97 Å². The molecular weight excluding hydrogens is 298 g/mol. The van der Waals surface area contributed by atoms with Gasteiger partial charge in [-0.05, 0) is 45.0 Å². The van der Waals surface area contributed by atoms with Crippen LogP contribution in [0.4, 0.5) is 5.69 Å². The molecule has 0 aliphatic carbocycles. The molecule has 126 valence electrons. The van der Waals surface area contributed by atoms with Crippen molar-refractivity contribution < 1.29 is 14.8 Å². The SMILES string of the molecule is CN(CC(=O)O)C1CCCN(Cc2ccc([N+](=O)[O-])cc2)CC1. The summed E-state index contributed by atoms with van der Waals surface area (Å²) in [7, 11) is 1.87. The van der Waals surface area contributed by atoms with E-state index < -0.39 is 10.9 Å². The number of hydrogen-bond donors (Lipinski definition) is 1. The Labute approximate surface area is 135 Å². The predicted octanol–water partition coefficient (Wildman–Crippen LogP) is 1.97. The van der Waals surface area contributed by atoms with E-state index in [4.69, 9.17) is 5.11 Å². The van der Waals surface area contributed by atoms with Crippen LogP contribution in [0.2, 0.25) is 0 Å². The van der Waals surface area contributed by atoms with Gasteiger partial charge in [0.15, 0.2) is 0 Å². The van der Waals surface area contributed by atoms with Gasteiger partial charge in [-0.1, -0.05) is 12.1 Å². The minimum Gasteiger partial charge on any atom is -0.480 e. The molecule has 1 aromatic rings. The van der Waals surface area contributed by atoms with Crippen LogP contribution < -0.4 is 0 Å². The molecule has 1 atom stereocenters. The highest BCUT2D eigenvalue weighted by molar-refractivity contribution is 5.69. The molecule has 1 N–H and O–H groups in total. The molecule has 0 radical (unpaired) electrons. The van der Waals surface area contributed by atoms with Crippen LogP contribution in [0.25, 0.3) is 0 Å². The molecule has 0 bridgehead atoms. The van der Waals surface area contributed by atoms with Crippen LogP contribution in [-0.2, 0) is 11.3 Å². The summed E-state index contributed by atoms with van der Waals surface area (Å²) in [5.41, 5.74) is 1.17. The Morgan fingerprint density at radius 1 is 1.35 bits per heavy atom. The number of carbonyl (C=O) groups is 1. The van der Waals surface area contributed by atoms with Crippen molar-refractivity contribution in [2.75, 3.05) is 26.7 Å². The summed E-state index contributed by atoms with van der Waals surface area (Å²) in [6.07, 6.45) is 2.97. The lowest BCUT2D eigenvalue weighted by atomic mass is 10.1. The summed E-state index contributed by atoms with van der Waals surface area (Å²) in [5, 5.41) is 19.6. The first kappa shape index (κ1) is 17.4. The Balaban J connectivity index is 1.88. The lowest BCUT2D eigenvalue weighted by Gasteiger charge is -2.25. The third kappa shape index (κ3) is 5.30. The fourth-order valence-electron chi connectivity index (χ4n) is 3.06. The summed E-state index contributed by atoms with van der Waals surface area (Å²) >= 11 is 0. The minimum atomic E-state index is -0.792. The largest absolute Gasteiger partial charge is 0.480 e. The summed E-state index contributed by atoms with van der Waals surface area (Å²) in [6.45, 7) is 2.72. The second-order valence-electron chi connectivity index (χ2n) is 6.09. The van der Waals surface area contributed by atoms with Crippen molar-refractivity contribution in [3.05, 3.63) is 39.9 Å². The number of non-ortho nitro benzene ring substituents is 1. The molecule has 0 saturated carbocycles. The van der Waals surface area contributed by atoms with E-state index in [1.807, 2.05) is 11.9 Å². The quantitative estimate of drug-likeness (QED) is 0.637. The maximum atomic E-state index is 10.8. The van der Waals surface area contributed by atoms with Crippen LogP contribution in [0.15, 0.2) is 24.3 Å². The number of nitro groups is 1.